The molecule has 1 atom stereocenters. The third-order valence-corrected chi connectivity index (χ3v) is 4.00. The van der Waals surface area contributed by atoms with E-state index in [-0.39, 0.29) is 5.92 Å². The lowest BCUT2D eigenvalue weighted by Gasteiger charge is -2.17. The number of para-hydroxylation sites is 1. The zero-order chi connectivity index (χ0) is 12.1. The lowest BCUT2D eigenvalue weighted by atomic mass is 9.90. The maximum Gasteiger partial charge on any atom is 0.203 e. The van der Waals surface area contributed by atoms with E-state index >= 15 is 0 Å². The molecule has 2 aliphatic heterocycles. The quantitative estimate of drug-likeness (QED) is 0.714. The second kappa shape index (κ2) is 3.69. The van der Waals surface area contributed by atoms with Gasteiger partial charge in [0.05, 0.1) is 11.6 Å². The summed E-state index contributed by atoms with van der Waals surface area (Å²) in [5.74, 6) is 2.05. The molecule has 3 heteroatoms. The first-order valence-corrected chi connectivity index (χ1v) is 6.74. The highest BCUT2D eigenvalue weighted by molar-refractivity contribution is 9.10. The van der Waals surface area contributed by atoms with Crippen LogP contribution in [0.3, 0.4) is 0 Å². The van der Waals surface area contributed by atoms with Crippen molar-refractivity contribution >= 4 is 27.5 Å². The van der Waals surface area contributed by atoms with Gasteiger partial charge in [0.2, 0.25) is 5.90 Å². The molecule has 2 aliphatic rings. The standard InChI is InChI=1S/C15H10BrNO/c16-10-5-6-14-11(8-10)12-7-9-3-1-2-4-13(9)17-15(12)18-14/h1-6,8,12H,7H2. The van der Waals surface area contributed by atoms with Gasteiger partial charge in [-0.1, -0.05) is 34.1 Å². The van der Waals surface area contributed by atoms with Crippen LogP contribution in [0.15, 0.2) is 51.9 Å². The molecule has 0 aromatic heterocycles. The van der Waals surface area contributed by atoms with E-state index in [9.17, 15) is 0 Å². The second-order valence-corrected chi connectivity index (χ2v) is 5.54. The van der Waals surface area contributed by atoms with E-state index in [1.807, 2.05) is 24.3 Å². The molecule has 2 heterocycles. The first-order valence-electron chi connectivity index (χ1n) is 5.95. The summed E-state index contributed by atoms with van der Waals surface area (Å²) < 4.78 is 6.94. The number of ether oxygens (including phenoxy) is 1. The molecule has 4 rings (SSSR count). The normalized spacial score (nSPS) is 19.4. The summed E-state index contributed by atoms with van der Waals surface area (Å²) in [5.41, 5.74) is 3.57. The molecule has 0 saturated carbocycles. The van der Waals surface area contributed by atoms with Crippen molar-refractivity contribution in [3.63, 3.8) is 0 Å². The summed E-state index contributed by atoms with van der Waals surface area (Å²) in [6.07, 6.45) is 0.971. The maximum absolute atomic E-state index is 5.85. The molecule has 0 aliphatic carbocycles. The number of halogens is 1. The van der Waals surface area contributed by atoms with Gasteiger partial charge in [-0.15, -0.1) is 0 Å². The average molecular weight is 300 g/mol. The zero-order valence-electron chi connectivity index (χ0n) is 9.56. The van der Waals surface area contributed by atoms with Crippen LogP contribution in [0.4, 0.5) is 5.69 Å². The molecular weight excluding hydrogens is 290 g/mol. The van der Waals surface area contributed by atoms with Crippen LogP contribution >= 0.6 is 15.9 Å². The lowest BCUT2D eigenvalue weighted by molar-refractivity contribution is 0.554. The van der Waals surface area contributed by atoms with Crippen LogP contribution in [-0.4, -0.2) is 5.90 Å². The minimum Gasteiger partial charge on any atom is -0.442 e. The first kappa shape index (κ1) is 10.3. The highest BCUT2D eigenvalue weighted by Gasteiger charge is 2.34. The Morgan fingerprint density at radius 1 is 1.17 bits per heavy atom. The molecule has 0 N–H and O–H groups in total. The van der Waals surface area contributed by atoms with E-state index < -0.39 is 0 Å². The number of aliphatic imine (C=N–C) groups is 1. The molecule has 18 heavy (non-hydrogen) atoms. The van der Waals surface area contributed by atoms with Crippen molar-refractivity contribution in [1.82, 2.24) is 0 Å². The number of fused-ring (bicyclic) bond motifs is 4. The van der Waals surface area contributed by atoms with Crippen LogP contribution in [0.5, 0.6) is 5.75 Å². The third-order valence-electron chi connectivity index (χ3n) is 3.51. The molecule has 0 fully saturated rings. The van der Waals surface area contributed by atoms with Crippen LogP contribution in [0, 0.1) is 0 Å². The van der Waals surface area contributed by atoms with E-state index in [4.69, 9.17) is 4.74 Å². The van der Waals surface area contributed by atoms with Crippen molar-refractivity contribution < 1.29 is 4.74 Å². The second-order valence-electron chi connectivity index (χ2n) is 4.62. The number of nitrogens with zero attached hydrogens (tertiary/aromatic N) is 1. The fraction of sp³-hybridized carbons (Fsp3) is 0.133. The predicted molar refractivity (Wildman–Crippen MR) is 74.8 cm³/mol. The number of rotatable bonds is 0. The average Bonchev–Trinajstić information content (AvgIpc) is 2.73. The van der Waals surface area contributed by atoms with Crippen molar-refractivity contribution in [2.45, 2.75) is 12.3 Å². The fourth-order valence-electron chi connectivity index (χ4n) is 2.63. The minimum absolute atomic E-state index is 0.271. The van der Waals surface area contributed by atoms with E-state index in [0.29, 0.717) is 0 Å². The van der Waals surface area contributed by atoms with Crippen molar-refractivity contribution in [1.29, 1.82) is 0 Å². The Morgan fingerprint density at radius 2 is 2.06 bits per heavy atom. The van der Waals surface area contributed by atoms with Crippen LogP contribution in [0.1, 0.15) is 17.0 Å². The van der Waals surface area contributed by atoms with Gasteiger partial charge in [0.1, 0.15) is 5.75 Å². The molecule has 0 saturated heterocycles. The van der Waals surface area contributed by atoms with Gasteiger partial charge in [-0.25, -0.2) is 4.99 Å². The monoisotopic (exact) mass is 299 g/mol. The van der Waals surface area contributed by atoms with Crippen LogP contribution < -0.4 is 4.74 Å². The minimum atomic E-state index is 0.271. The van der Waals surface area contributed by atoms with Crippen LogP contribution in [0.2, 0.25) is 0 Å². The number of hydrogen-bond acceptors (Lipinski definition) is 2. The van der Waals surface area contributed by atoms with Gasteiger partial charge >= 0.3 is 0 Å². The maximum atomic E-state index is 5.85. The van der Waals surface area contributed by atoms with E-state index in [1.165, 1.54) is 11.1 Å². The molecule has 1 unspecified atom stereocenters. The van der Waals surface area contributed by atoms with E-state index in [2.05, 4.69) is 39.1 Å². The summed E-state index contributed by atoms with van der Waals surface area (Å²) in [4.78, 5) is 4.63. The summed E-state index contributed by atoms with van der Waals surface area (Å²) >= 11 is 3.52. The highest BCUT2D eigenvalue weighted by atomic mass is 79.9. The summed E-state index contributed by atoms with van der Waals surface area (Å²) in [5, 5.41) is 0. The Bertz CT molecular complexity index is 678. The van der Waals surface area contributed by atoms with Crippen molar-refractivity contribution in [3.05, 3.63) is 58.1 Å². The largest absolute Gasteiger partial charge is 0.442 e. The van der Waals surface area contributed by atoms with Gasteiger partial charge in [-0.2, -0.15) is 0 Å². The Kier molecular flexibility index (Phi) is 2.12. The molecule has 0 bridgehead atoms. The van der Waals surface area contributed by atoms with Crippen molar-refractivity contribution in [3.8, 4) is 5.75 Å². The van der Waals surface area contributed by atoms with Gasteiger partial charge in [-0.05, 0) is 36.2 Å². The highest BCUT2D eigenvalue weighted by Crippen LogP contribution is 2.43. The summed E-state index contributed by atoms with van der Waals surface area (Å²) in [6.45, 7) is 0. The van der Waals surface area contributed by atoms with Crippen LogP contribution in [0.25, 0.3) is 0 Å². The van der Waals surface area contributed by atoms with Crippen molar-refractivity contribution in [2.75, 3.05) is 0 Å². The Balaban J connectivity index is 1.87. The van der Waals surface area contributed by atoms with Gasteiger partial charge in [0, 0.05) is 10.0 Å². The van der Waals surface area contributed by atoms with E-state index in [1.54, 1.807) is 0 Å². The van der Waals surface area contributed by atoms with Gasteiger partial charge in [0.15, 0.2) is 0 Å². The molecule has 0 spiro atoms. The fourth-order valence-corrected chi connectivity index (χ4v) is 3.01. The van der Waals surface area contributed by atoms with Gasteiger partial charge < -0.3 is 4.74 Å². The van der Waals surface area contributed by atoms with E-state index in [0.717, 1.165) is 28.2 Å². The summed E-state index contributed by atoms with van der Waals surface area (Å²) in [7, 11) is 0. The Morgan fingerprint density at radius 3 is 3.00 bits per heavy atom. The molecule has 2 aromatic carbocycles. The number of benzene rings is 2. The molecule has 0 amide bonds. The summed E-state index contributed by atoms with van der Waals surface area (Å²) in [6, 6.07) is 14.4. The lowest BCUT2D eigenvalue weighted by Crippen LogP contribution is -2.16. The zero-order valence-corrected chi connectivity index (χ0v) is 11.1. The molecule has 0 radical (unpaired) electrons. The molecular formula is C15H10BrNO. The third kappa shape index (κ3) is 1.44. The van der Waals surface area contributed by atoms with Crippen molar-refractivity contribution in [2.24, 2.45) is 4.99 Å². The number of hydrogen-bond donors (Lipinski definition) is 0. The van der Waals surface area contributed by atoms with Crippen LogP contribution in [-0.2, 0) is 6.42 Å². The smallest absolute Gasteiger partial charge is 0.203 e. The topological polar surface area (TPSA) is 21.6 Å². The SMILES string of the molecule is Brc1ccc2c(c1)C1Cc3ccccc3N=C1O2. The van der Waals surface area contributed by atoms with Gasteiger partial charge in [0.25, 0.3) is 0 Å². The van der Waals surface area contributed by atoms with Gasteiger partial charge in [-0.3, -0.25) is 0 Å². The Labute approximate surface area is 113 Å². The molecule has 2 aromatic rings. The predicted octanol–water partition coefficient (Wildman–Crippen LogP) is 4.21. The Hall–Kier alpha value is -1.61. The molecule has 2 nitrogen and oxygen atoms in total. The first-order chi connectivity index (χ1) is 8.81. The molecule has 88 valence electrons.